The fourth-order valence-electron chi connectivity index (χ4n) is 0.431. The summed E-state index contributed by atoms with van der Waals surface area (Å²) < 4.78 is 0. The van der Waals surface area contributed by atoms with Crippen LogP contribution < -0.4 is 5.32 Å². The molecule has 0 aliphatic carbocycles. The van der Waals surface area contributed by atoms with E-state index in [-0.39, 0.29) is 0 Å². The second-order valence-electron chi connectivity index (χ2n) is 1.86. The molecule has 0 atom stereocenters. The SMILES string of the molecule is CCCC[NH2+]C.N#CN=C=[N-]. The molecular weight excluding hydrogens is 140 g/mol. The van der Waals surface area contributed by atoms with E-state index in [1.807, 2.05) is 0 Å². The molecule has 0 unspecified atom stereocenters. The lowest BCUT2D eigenvalue weighted by Crippen LogP contribution is -2.79. The van der Waals surface area contributed by atoms with E-state index < -0.39 is 0 Å². The second kappa shape index (κ2) is 15.9. The number of rotatable bonds is 3. The van der Waals surface area contributed by atoms with Gasteiger partial charge in [0.25, 0.3) is 0 Å². The van der Waals surface area contributed by atoms with Gasteiger partial charge in [0, 0.05) is 0 Å². The lowest BCUT2D eigenvalue weighted by Gasteiger charge is -1.86. The van der Waals surface area contributed by atoms with Gasteiger partial charge in [0.2, 0.25) is 0 Å². The molecule has 62 valence electrons. The largest absolute Gasteiger partial charge is 0.422 e. The van der Waals surface area contributed by atoms with E-state index in [1.165, 1.54) is 31.6 Å². The van der Waals surface area contributed by atoms with Crippen LogP contribution in [-0.2, 0) is 0 Å². The van der Waals surface area contributed by atoms with Gasteiger partial charge in [0.1, 0.15) is 0 Å². The molecule has 0 saturated heterocycles. The molecule has 4 heteroatoms. The van der Waals surface area contributed by atoms with Gasteiger partial charge in [-0.25, -0.2) is 0 Å². The van der Waals surface area contributed by atoms with Gasteiger partial charge in [-0.2, -0.15) is 5.26 Å². The van der Waals surface area contributed by atoms with Crippen molar-refractivity contribution < 1.29 is 5.32 Å². The van der Waals surface area contributed by atoms with Gasteiger partial charge in [0.15, 0.2) is 0 Å². The van der Waals surface area contributed by atoms with Crippen LogP contribution in [0.1, 0.15) is 19.8 Å². The predicted molar refractivity (Wildman–Crippen MR) is 44.0 cm³/mol. The molecule has 0 radical (unpaired) electrons. The molecule has 0 heterocycles. The molecule has 0 fully saturated rings. The molecule has 0 bridgehead atoms. The molecular formula is C7H14N4. The van der Waals surface area contributed by atoms with E-state index >= 15 is 0 Å². The van der Waals surface area contributed by atoms with Crippen LogP contribution in [0.2, 0.25) is 0 Å². The molecule has 0 rings (SSSR count). The van der Waals surface area contributed by atoms with Crippen molar-refractivity contribution >= 4 is 6.01 Å². The third-order valence-corrected chi connectivity index (χ3v) is 0.946. The molecule has 4 nitrogen and oxygen atoms in total. The summed E-state index contributed by atoms with van der Waals surface area (Å²) in [6, 6.07) is 1.28. The summed E-state index contributed by atoms with van der Waals surface area (Å²) in [6.07, 6.45) is 3.96. The Hall–Kier alpha value is -1.17. The van der Waals surface area contributed by atoms with Crippen molar-refractivity contribution in [1.82, 2.24) is 0 Å². The number of hydrogen-bond donors (Lipinski definition) is 1. The lowest BCUT2D eigenvalue weighted by atomic mass is 10.3. The van der Waals surface area contributed by atoms with Gasteiger partial charge < -0.3 is 15.7 Å². The Morgan fingerprint density at radius 3 is 2.36 bits per heavy atom. The standard InChI is InChI=1S/C5H13N.C2N3/c1-3-4-5-6-2;3-1-5-2-4/h6H,3-5H2,1-2H3;/q;-1/p+1. The second-order valence-corrected chi connectivity index (χ2v) is 1.86. The highest BCUT2D eigenvalue weighted by molar-refractivity contribution is 5.46. The fourth-order valence-corrected chi connectivity index (χ4v) is 0.431. The van der Waals surface area contributed by atoms with Gasteiger partial charge in [0.05, 0.1) is 19.8 Å². The molecule has 0 saturated carbocycles. The van der Waals surface area contributed by atoms with Crippen molar-refractivity contribution in [3.63, 3.8) is 0 Å². The minimum Gasteiger partial charge on any atom is -0.422 e. The smallest absolute Gasteiger partial charge is 0.0925 e. The Labute approximate surface area is 67.5 Å². The average molecular weight is 154 g/mol. The van der Waals surface area contributed by atoms with Gasteiger partial charge in [-0.1, -0.05) is 13.3 Å². The summed E-state index contributed by atoms with van der Waals surface area (Å²) in [7, 11) is 2.11. The minimum absolute atomic E-state index is 1.28. The first-order chi connectivity index (χ1) is 5.33. The van der Waals surface area contributed by atoms with Gasteiger partial charge in [-0.3, -0.25) is 0 Å². The number of aliphatic imine (C=N–C) groups is 1. The first-order valence-corrected chi connectivity index (χ1v) is 3.59. The maximum atomic E-state index is 7.43. The summed E-state index contributed by atoms with van der Waals surface area (Å²) >= 11 is 0. The number of nitriles is 1. The van der Waals surface area contributed by atoms with Crippen LogP contribution in [0, 0.1) is 11.5 Å². The van der Waals surface area contributed by atoms with Crippen LogP contribution in [0.15, 0.2) is 4.99 Å². The summed E-state index contributed by atoms with van der Waals surface area (Å²) in [5, 5.41) is 17.1. The van der Waals surface area contributed by atoms with Gasteiger partial charge >= 0.3 is 0 Å². The maximum Gasteiger partial charge on any atom is 0.0925 e. The van der Waals surface area contributed by atoms with Gasteiger partial charge in [-0.15, -0.1) is 6.01 Å². The van der Waals surface area contributed by atoms with Crippen molar-refractivity contribution in [2.24, 2.45) is 4.99 Å². The predicted octanol–water partition coefficient (Wildman–Crippen LogP) is 0.190. The molecule has 2 N–H and O–H groups in total. The Bertz CT molecular complexity index is 137. The van der Waals surface area contributed by atoms with E-state index in [4.69, 9.17) is 10.7 Å². The van der Waals surface area contributed by atoms with Crippen LogP contribution >= 0.6 is 0 Å². The number of hydrogen-bond acceptors (Lipinski definition) is 2. The Balaban J connectivity index is 0. The van der Waals surface area contributed by atoms with Crippen molar-refractivity contribution in [3.8, 4) is 6.19 Å². The summed E-state index contributed by atoms with van der Waals surface area (Å²) in [6.45, 7) is 3.50. The molecule has 0 amide bonds. The van der Waals surface area contributed by atoms with Crippen LogP contribution in [0.25, 0.3) is 5.41 Å². The molecule has 0 aliphatic rings. The number of quaternary nitrogens is 1. The highest BCUT2D eigenvalue weighted by atomic mass is 14.8. The number of nitrogens with two attached hydrogens (primary N) is 1. The quantitative estimate of drug-likeness (QED) is 0.351. The zero-order chi connectivity index (χ0) is 8.95. The van der Waals surface area contributed by atoms with Crippen LogP contribution in [0.3, 0.4) is 0 Å². The van der Waals surface area contributed by atoms with E-state index in [1.54, 1.807) is 0 Å². The molecule has 0 aromatic heterocycles. The van der Waals surface area contributed by atoms with E-state index in [9.17, 15) is 0 Å². The van der Waals surface area contributed by atoms with E-state index in [0.29, 0.717) is 0 Å². The summed E-state index contributed by atoms with van der Waals surface area (Å²) in [5.74, 6) is 0. The van der Waals surface area contributed by atoms with Gasteiger partial charge in [-0.05, 0) is 6.42 Å². The zero-order valence-electron chi connectivity index (χ0n) is 7.04. The van der Waals surface area contributed by atoms with Crippen LogP contribution in [-0.4, -0.2) is 19.6 Å². The number of nitrogens with zero attached hydrogens (tertiary/aromatic N) is 3. The molecule has 0 aromatic carbocycles. The van der Waals surface area contributed by atoms with Crippen molar-refractivity contribution in [3.05, 3.63) is 5.41 Å². The molecule has 0 spiro atoms. The van der Waals surface area contributed by atoms with Crippen molar-refractivity contribution in [1.29, 1.82) is 5.26 Å². The average Bonchev–Trinajstić information content (AvgIpc) is 2.04. The highest BCUT2D eigenvalue weighted by Gasteiger charge is 1.76. The van der Waals surface area contributed by atoms with Crippen LogP contribution in [0.5, 0.6) is 0 Å². The van der Waals surface area contributed by atoms with Crippen LogP contribution in [0.4, 0.5) is 0 Å². The minimum atomic E-state index is 1.28. The van der Waals surface area contributed by atoms with Crippen molar-refractivity contribution in [2.45, 2.75) is 19.8 Å². The normalized spacial score (nSPS) is 6.64. The Morgan fingerprint density at radius 2 is 2.27 bits per heavy atom. The summed E-state index contributed by atoms with van der Waals surface area (Å²) in [4.78, 5) is 2.58. The Morgan fingerprint density at radius 1 is 1.64 bits per heavy atom. The van der Waals surface area contributed by atoms with Crippen molar-refractivity contribution in [2.75, 3.05) is 13.6 Å². The fraction of sp³-hybridized carbons (Fsp3) is 0.714. The monoisotopic (exact) mass is 154 g/mol. The first-order valence-electron chi connectivity index (χ1n) is 3.59. The maximum absolute atomic E-state index is 7.43. The first kappa shape index (κ1) is 12.5. The molecule has 11 heavy (non-hydrogen) atoms. The third kappa shape index (κ3) is 28.1. The molecule has 0 aromatic rings. The molecule has 0 aliphatic heterocycles. The summed E-state index contributed by atoms with van der Waals surface area (Å²) in [5.41, 5.74) is 0. The number of unbranched alkanes of at least 4 members (excludes halogenated alkanes) is 1. The van der Waals surface area contributed by atoms with E-state index in [2.05, 4.69) is 24.3 Å². The zero-order valence-corrected chi connectivity index (χ0v) is 7.04. The highest BCUT2D eigenvalue weighted by Crippen LogP contribution is 1.76. The van der Waals surface area contributed by atoms with E-state index in [0.717, 1.165) is 0 Å². The topological polar surface area (TPSA) is 75.1 Å². The Kier molecular flexibility index (Phi) is 18.1. The third-order valence-electron chi connectivity index (χ3n) is 0.946. The lowest BCUT2D eigenvalue weighted by molar-refractivity contribution is -0.627.